The number of benzene rings is 1. The Bertz CT molecular complexity index is 453. The highest BCUT2D eigenvalue weighted by atomic mass is 15.0. The average molecular weight is 227 g/mol. The van der Waals surface area contributed by atoms with Gasteiger partial charge >= 0.3 is 0 Å². The molecule has 0 atom stereocenters. The molecule has 17 heavy (non-hydrogen) atoms. The summed E-state index contributed by atoms with van der Waals surface area (Å²) in [5.41, 5.74) is 2.65. The quantitative estimate of drug-likeness (QED) is 0.853. The molecule has 1 aromatic heterocycles. The smallest absolute Gasteiger partial charge is 0.0991 e. The maximum Gasteiger partial charge on any atom is 0.0991 e. The van der Waals surface area contributed by atoms with Crippen LogP contribution in [0.4, 0.5) is 0 Å². The van der Waals surface area contributed by atoms with Gasteiger partial charge in [-0.15, -0.1) is 0 Å². The number of piperidine rings is 1. The minimum atomic E-state index is 0.730. The third-order valence-corrected chi connectivity index (χ3v) is 3.51. The fourth-order valence-corrected chi connectivity index (χ4v) is 2.49. The van der Waals surface area contributed by atoms with E-state index in [1.165, 1.54) is 24.1 Å². The summed E-state index contributed by atoms with van der Waals surface area (Å²) < 4.78 is 2.03. The summed E-state index contributed by atoms with van der Waals surface area (Å²) in [6, 6.07) is 8.87. The molecule has 2 aromatic rings. The van der Waals surface area contributed by atoms with E-state index in [2.05, 4.69) is 34.6 Å². The van der Waals surface area contributed by atoms with Crippen molar-refractivity contribution in [1.29, 1.82) is 0 Å². The fraction of sp³-hybridized carbons (Fsp3) is 0.357. The van der Waals surface area contributed by atoms with Crippen molar-refractivity contribution < 1.29 is 0 Å². The second-order valence-electron chi connectivity index (χ2n) is 4.59. The third-order valence-electron chi connectivity index (χ3n) is 3.51. The van der Waals surface area contributed by atoms with Crippen molar-refractivity contribution in [2.45, 2.75) is 18.8 Å². The minimum absolute atomic E-state index is 0.730. The van der Waals surface area contributed by atoms with Crippen molar-refractivity contribution >= 4 is 0 Å². The van der Waals surface area contributed by atoms with Crippen LogP contribution in [0.1, 0.15) is 24.3 Å². The molecule has 0 saturated carbocycles. The summed E-state index contributed by atoms with van der Waals surface area (Å²) >= 11 is 0. The lowest BCUT2D eigenvalue weighted by molar-refractivity contribution is 0.460. The molecule has 3 nitrogen and oxygen atoms in total. The van der Waals surface area contributed by atoms with E-state index in [-0.39, 0.29) is 0 Å². The number of rotatable bonds is 2. The van der Waals surface area contributed by atoms with Gasteiger partial charge < -0.3 is 9.88 Å². The summed E-state index contributed by atoms with van der Waals surface area (Å²) in [6.07, 6.45) is 8.12. The van der Waals surface area contributed by atoms with Crippen molar-refractivity contribution in [3.8, 4) is 5.69 Å². The van der Waals surface area contributed by atoms with Crippen LogP contribution in [0, 0.1) is 0 Å². The molecule has 1 aliphatic rings. The molecule has 88 valence electrons. The van der Waals surface area contributed by atoms with Crippen LogP contribution in [-0.2, 0) is 0 Å². The molecule has 2 heterocycles. The van der Waals surface area contributed by atoms with Gasteiger partial charge in [-0.05, 0) is 49.5 Å². The zero-order chi connectivity index (χ0) is 11.5. The summed E-state index contributed by atoms with van der Waals surface area (Å²) in [4.78, 5) is 4.07. The largest absolute Gasteiger partial charge is 0.317 e. The molecular formula is C14H17N3. The first-order chi connectivity index (χ1) is 8.43. The van der Waals surface area contributed by atoms with Gasteiger partial charge in [-0.2, -0.15) is 0 Å². The van der Waals surface area contributed by atoms with Crippen molar-refractivity contribution in [1.82, 2.24) is 14.9 Å². The van der Waals surface area contributed by atoms with Gasteiger partial charge in [0.15, 0.2) is 0 Å². The van der Waals surface area contributed by atoms with E-state index in [1.807, 2.05) is 17.1 Å². The van der Waals surface area contributed by atoms with E-state index in [0.29, 0.717) is 0 Å². The van der Waals surface area contributed by atoms with Crippen LogP contribution in [0.3, 0.4) is 0 Å². The molecule has 0 unspecified atom stereocenters. The number of aromatic nitrogens is 2. The van der Waals surface area contributed by atoms with E-state index in [1.54, 1.807) is 6.20 Å². The Balaban J connectivity index is 1.80. The monoisotopic (exact) mass is 227 g/mol. The van der Waals surface area contributed by atoms with E-state index in [0.717, 1.165) is 19.0 Å². The third kappa shape index (κ3) is 2.24. The van der Waals surface area contributed by atoms with Crippen molar-refractivity contribution in [3.63, 3.8) is 0 Å². The van der Waals surface area contributed by atoms with E-state index in [4.69, 9.17) is 0 Å². The lowest BCUT2D eigenvalue weighted by Crippen LogP contribution is -2.26. The van der Waals surface area contributed by atoms with Gasteiger partial charge in [-0.25, -0.2) is 4.98 Å². The van der Waals surface area contributed by atoms with Crippen molar-refractivity contribution in [2.75, 3.05) is 13.1 Å². The Morgan fingerprint density at radius 1 is 1.12 bits per heavy atom. The predicted octanol–water partition coefficient (Wildman–Crippen LogP) is 2.34. The van der Waals surface area contributed by atoms with Crippen LogP contribution in [0.25, 0.3) is 5.69 Å². The van der Waals surface area contributed by atoms with E-state index < -0.39 is 0 Å². The predicted molar refractivity (Wildman–Crippen MR) is 68.4 cm³/mol. The van der Waals surface area contributed by atoms with Crippen molar-refractivity contribution in [2.24, 2.45) is 0 Å². The number of nitrogens with zero attached hydrogens (tertiary/aromatic N) is 2. The molecule has 0 spiro atoms. The SMILES string of the molecule is c1cn(-c2ccc(C3CCNCC3)cc2)cn1. The van der Waals surface area contributed by atoms with Crippen molar-refractivity contribution in [3.05, 3.63) is 48.5 Å². The maximum absolute atomic E-state index is 4.07. The lowest BCUT2D eigenvalue weighted by Gasteiger charge is -2.23. The normalized spacial score (nSPS) is 17.2. The molecule has 1 saturated heterocycles. The Hall–Kier alpha value is -1.61. The molecule has 1 fully saturated rings. The molecule has 0 aliphatic carbocycles. The molecular weight excluding hydrogens is 210 g/mol. The average Bonchev–Trinajstić information content (AvgIpc) is 2.94. The first-order valence-corrected chi connectivity index (χ1v) is 6.22. The van der Waals surface area contributed by atoms with Gasteiger partial charge in [0.1, 0.15) is 0 Å². The van der Waals surface area contributed by atoms with Crippen LogP contribution in [-0.4, -0.2) is 22.6 Å². The van der Waals surface area contributed by atoms with E-state index >= 15 is 0 Å². The maximum atomic E-state index is 4.07. The van der Waals surface area contributed by atoms with Gasteiger partial charge in [0, 0.05) is 18.1 Å². The highest BCUT2D eigenvalue weighted by molar-refractivity contribution is 5.36. The highest BCUT2D eigenvalue weighted by Crippen LogP contribution is 2.25. The highest BCUT2D eigenvalue weighted by Gasteiger charge is 2.14. The first-order valence-electron chi connectivity index (χ1n) is 6.22. The van der Waals surface area contributed by atoms with Gasteiger partial charge in [0.05, 0.1) is 6.33 Å². The Morgan fingerprint density at radius 3 is 2.53 bits per heavy atom. The second-order valence-corrected chi connectivity index (χ2v) is 4.59. The summed E-state index contributed by atoms with van der Waals surface area (Å²) in [6.45, 7) is 2.29. The van der Waals surface area contributed by atoms with Crippen LogP contribution in [0.2, 0.25) is 0 Å². The van der Waals surface area contributed by atoms with Gasteiger partial charge in [0.2, 0.25) is 0 Å². The Kier molecular flexibility index (Phi) is 2.92. The minimum Gasteiger partial charge on any atom is -0.317 e. The van der Waals surface area contributed by atoms with Gasteiger partial charge in [-0.1, -0.05) is 12.1 Å². The van der Waals surface area contributed by atoms with Crippen LogP contribution >= 0.6 is 0 Å². The van der Waals surface area contributed by atoms with Gasteiger partial charge in [-0.3, -0.25) is 0 Å². The summed E-state index contributed by atoms with van der Waals surface area (Å²) in [5, 5.41) is 3.41. The van der Waals surface area contributed by atoms with Crippen LogP contribution < -0.4 is 5.32 Å². The Labute approximate surface area is 101 Å². The Morgan fingerprint density at radius 2 is 1.88 bits per heavy atom. The van der Waals surface area contributed by atoms with E-state index in [9.17, 15) is 0 Å². The first kappa shape index (κ1) is 10.5. The second kappa shape index (κ2) is 4.72. The molecule has 0 bridgehead atoms. The molecule has 3 rings (SSSR count). The van der Waals surface area contributed by atoms with Gasteiger partial charge in [0.25, 0.3) is 0 Å². The number of hydrogen-bond acceptors (Lipinski definition) is 2. The summed E-state index contributed by atoms with van der Waals surface area (Å²) in [7, 11) is 0. The topological polar surface area (TPSA) is 29.9 Å². The number of hydrogen-bond donors (Lipinski definition) is 1. The zero-order valence-corrected chi connectivity index (χ0v) is 9.84. The summed E-state index contributed by atoms with van der Waals surface area (Å²) in [5.74, 6) is 0.730. The number of imidazole rings is 1. The molecule has 0 amide bonds. The number of nitrogens with one attached hydrogen (secondary N) is 1. The van der Waals surface area contributed by atoms with Crippen LogP contribution in [0.15, 0.2) is 43.0 Å². The fourth-order valence-electron chi connectivity index (χ4n) is 2.49. The standard InChI is InChI=1S/C14H17N3/c1-3-14(17-10-9-16-11-17)4-2-12(1)13-5-7-15-8-6-13/h1-4,9-11,13,15H,5-8H2. The molecule has 1 N–H and O–H groups in total. The van der Waals surface area contributed by atoms with Crippen LogP contribution in [0.5, 0.6) is 0 Å². The molecule has 0 radical (unpaired) electrons. The zero-order valence-electron chi connectivity index (χ0n) is 9.84. The lowest BCUT2D eigenvalue weighted by atomic mass is 9.90. The molecule has 3 heteroatoms. The molecule has 1 aromatic carbocycles. The molecule has 1 aliphatic heterocycles.